The van der Waals surface area contributed by atoms with Gasteiger partial charge in [-0.05, 0) is 67.8 Å². The van der Waals surface area contributed by atoms with Crippen LogP contribution in [0.25, 0.3) is 5.76 Å². The van der Waals surface area contributed by atoms with Crippen molar-refractivity contribution in [3.63, 3.8) is 0 Å². The number of aliphatic hydroxyl groups excluding tert-OH is 1. The number of hydrogen-bond donors (Lipinski definition) is 1. The summed E-state index contributed by atoms with van der Waals surface area (Å²) in [5, 5.41) is 11.3. The molecule has 0 aliphatic carbocycles. The molecule has 0 spiro atoms. The summed E-state index contributed by atoms with van der Waals surface area (Å²) in [4.78, 5) is 27.8. The Morgan fingerprint density at radius 1 is 1.03 bits per heavy atom. The lowest BCUT2D eigenvalue weighted by Gasteiger charge is -2.25. The lowest BCUT2D eigenvalue weighted by molar-refractivity contribution is -0.132. The smallest absolute Gasteiger partial charge is 0.300 e. The molecular formula is C28H26FNO4. The second-order valence-electron chi connectivity index (χ2n) is 8.44. The fourth-order valence-electron chi connectivity index (χ4n) is 4.10. The van der Waals surface area contributed by atoms with E-state index in [1.165, 1.54) is 29.2 Å². The van der Waals surface area contributed by atoms with E-state index in [4.69, 9.17) is 4.74 Å². The van der Waals surface area contributed by atoms with Crippen LogP contribution in [0.15, 0.2) is 78.4 Å². The number of carbonyl (C=O) groups is 2. The summed E-state index contributed by atoms with van der Waals surface area (Å²) in [5.41, 5.74) is 2.41. The summed E-state index contributed by atoms with van der Waals surface area (Å²) >= 11 is 0. The molecule has 1 unspecified atom stereocenters. The van der Waals surface area contributed by atoms with E-state index in [0.29, 0.717) is 22.6 Å². The van der Waals surface area contributed by atoms with Crippen LogP contribution in [0.4, 0.5) is 10.1 Å². The van der Waals surface area contributed by atoms with Gasteiger partial charge in [-0.1, -0.05) is 43.3 Å². The molecule has 1 saturated heterocycles. The van der Waals surface area contributed by atoms with Crippen molar-refractivity contribution in [2.75, 3.05) is 4.90 Å². The topological polar surface area (TPSA) is 66.8 Å². The zero-order chi connectivity index (χ0) is 24.4. The Balaban J connectivity index is 1.88. The van der Waals surface area contributed by atoms with Gasteiger partial charge in [-0.3, -0.25) is 14.5 Å². The number of aliphatic hydroxyl groups is 1. The van der Waals surface area contributed by atoms with Gasteiger partial charge < -0.3 is 9.84 Å². The van der Waals surface area contributed by atoms with Crippen molar-refractivity contribution < 1.29 is 23.8 Å². The van der Waals surface area contributed by atoms with Gasteiger partial charge in [0, 0.05) is 11.3 Å². The number of anilines is 1. The van der Waals surface area contributed by atoms with Crippen molar-refractivity contribution in [2.24, 2.45) is 0 Å². The van der Waals surface area contributed by atoms with E-state index in [0.717, 1.165) is 12.0 Å². The Bertz CT molecular complexity index is 1250. The SMILES string of the molecule is CCc1ccc(N2C(=O)C(=O)/C(=C(\O)c3cccc(OC(C)C)c3)C2c2ccc(F)cc2)cc1. The first-order valence-electron chi connectivity index (χ1n) is 11.2. The van der Waals surface area contributed by atoms with Crippen LogP contribution in [0.2, 0.25) is 0 Å². The van der Waals surface area contributed by atoms with Crippen LogP contribution in [-0.2, 0) is 16.0 Å². The van der Waals surface area contributed by atoms with Gasteiger partial charge in [-0.2, -0.15) is 0 Å². The Morgan fingerprint density at radius 2 is 1.71 bits per heavy atom. The zero-order valence-corrected chi connectivity index (χ0v) is 19.3. The number of carbonyl (C=O) groups excluding carboxylic acids is 2. The van der Waals surface area contributed by atoms with E-state index in [2.05, 4.69) is 0 Å². The molecule has 3 aromatic carbocycles. The summed E-state index contributed by atoms with van der Waals surface area (Å²) in [6.07, 6.45) is 0.753. The fourth-order valence-corrected chi connectivity index (χ4v) is 4.10. The van der Waals surface area contributed by atoms with Crippen LogP contribution in [0.3, 0.4) is 0 Å². The summed E-state index contributed by atoms with van der Waals surface area (Å²) in [5.74, 6) is -1.78. The van der Waals surface area contributed by atoms with Gasteiger partial charge in [0.1, 0.15) is 17.3 Å². The van der Waals surface area contributed by atoms with E-state index in [1.54, 1.807) is 36.4 Å². The maximum Gasteiger partial charge on any atom is 0.300 e. The first kappa shape index (κ1) is 23.2. The van der Waals surface area contributed by atoms with Crippen molar-refractivity contribution >= 4 is 23.1 Å². The fraction of sp³-hybridized carbons (Fsp3) is 0.214. The standard InChI is InChI=1S/C28H26FNO4/c1-4-18-8-14-22(15-9-18)30-25(19-10-12-21(29)13-11-19)24(27(32)28(30)33)26(31)20-6-5-7-23(16-20)34-17(2)3/h5-17,25,31H,4H2,1-3H3/b26-24-. The summed E-state index contributed by atoms with van der Waals surface area (Å²) in [6.45, 7) is 5.80. The molecular weight excluding hydrogens is 433 g/mol. The van der Waals surface area contributed by atoms with Crippen LogP contribution >= 0.6 is 0 Å². The number of aryl methyl sites for hydroxylation is 1. The highest BCUT2D eigenvalue weighted by Crippen LogP contribution is 2.42. The quantitative estimate of drug-likeness (QED) is 0.287. The average molecular weight is 460 g/mol. The van der Waals surface area contributed by atoms with Gasteiger partial charge in [0.25, 0.3) is 11.7 Å². The molecule has 1 atom stereocenters. The molecule has 0 bridgehead atoms. The van der Waals surface area contributed by atoms with Crippen LogP contribution < -0.4 is 9.64 Å². The number of ketones is 1. The van der Waals surface area contributed by atoms with Gasteiger partial charge in [0.2, 0.25) is 0 Å². The third-order valence-electron chi connectivity index (χ3n) is 5.73. The molecule has 1 aliphatic heterocycles. The molecule has 3 aromatic rings. The molecule has 1 N–H and O–H groups in total. The van der Waals surface area contributed by atoms with E-state index in [9.17, 15) is 19.1 Å². The van der Waals surface area contributed by atoms with Crippen molar-refractivity contribution in [3.05, 3.63) is 101 Å². The molecule has 1 aliphatic rings. The Hall–Kier alpha value is -3.93. The Kier molecular flexibility index (Phi) is 6.50. The molecule has 0 radical (unpaired) electrons. The van der Waals surface area contributed by atoms with Crippen LogP contribution in [-0.4, -0.2) is 22.9 Å². The number of ether oxygens (including phenoxy) is 1. The lowest BCUT2D eigenvalue weighted by Crippen LogP contribution is -2.29. The Labute approximate surface area is 198 Å². The first-order chi connectivity index (χ1) is 16.3. The normalized spacial score (nSPS) is 17.4. The summed E-state index contributed by atoms with van der Waals surface area (Å²) < 4.78 is 19.4. The number of halogens is 1. The Morgan fingerprint density at radius 3 is 2.32 bits per heavy atom. The second kappa shape index (κ2) is 9.51. The van der Waals surface area contributed by atoms with Crippen molar-refractivity contribution in [3.8, 4) is 5.75 Å². The first-order valence-corrected chi connectivity index (χ1v) is 11.2. The van der Waals surface area contributed by atoms with Gasteiger partial charge in [-0.25, -0.2) is 4.39 Å². The third-order valence-corrected chi connectivity index (χ3v) is 5.73. The van der Waals surface area contributed by atoms with Crippen molar-refractivity contribution in [2.45, 2.75) is 39.3 Å². The number of nitrogens with zero attached hydrogens (tertiary/aromatic N) is 1. The highest BCUT2D eigenvalue weighted by atomic mass is 19.1. The van der Waals surface area contributed by atoms with Crippen molar-refractivity contribution in [1.82, 2.24) is 0 Å². The maximum atomic E-state index is 13.7. The molecule has 0 aromatic heterocycles. The van der Waals surface area contributed by atoms with E-state index in [1.807, 2.05) is 32.9 Å². The summed E-state index contributed by atoms with van der Waals surface area (Å²) in [7, 11) is 0. The number of rotatable bonds is 6. The number of benzene rings is 3. The van der Waals surface area contributed by atoms with Gasteiger partial charge in [0.15, 0.2) is 0 Å². The molecule has 6 heteroatoms. The predicted molar refractivity (Wildman–Crippen MR) is 129 cm³/mol. The molecule has 1 heterocycles. The molecule has 34 heavy (non-hydrogen) atoms. The highest BCUT2D eigenvalue weighted by Gasteiger charge is 2.47. The molecule has 174 valence electrons. The lowest BCUT2D eigenvalue weighted by atomic mass is 9.95. The second-order valence-corrected chi connectivity index (χ2v) is 8.44. The van der Waals surface area contributed by atoms with Crippen LogP contribution in [0, 0.1) is 5.82 Å². The third kappa shape index (κ3) is 4.44. The monoisotopic (exact) mass is 459 g/mol. The molecule has 1 amide bonds. The molecule has 5 nitrogen and oxygen atoms in total. The van der Waals surface area contributed by atoms with Crippen LogP contribution in [0.1, 0.15) is 43.5 Å². The van der Waals surface area contributed by atoms with Gasteiger partial charge in [0.05, 0.1) is 17.7 Å². The molecule has 0 saturated carbocycles. The zero-order valence-electron chi connectivity index (χ0n) is 19.3. The van der Waals surface area contributed by atoms with E-state index < -0.39 is 23.5 Å². The minimum Gasteiger partial charge on any atom is -0.507 e. The predicted octanol–water partition coefficient (Wildman–Crippen LogP) is 5.80. The number of Topliss-reactive ketones (excluding diaryl/α,β-unsaturated/α-hetero) is 1. The largest absolute Gasteiger partial charge is 0.507 e. The maximum absolute atomic E-state index is 13.7. The average Bonchev–Trinajstić information content (AvgIpc) is 3.09. The minimum atomic E-state index is -0.914. The van der Waals surface area contributed by atoms with Crippen LogP contribution in [0.5, 0.6) is 5.75 Å². The summed E-state index contributed by atoms with van der Waals surface area (Å²) in [6, 6.07) is 18.7. The van der Waals surface area contributed by atoms with Gasteiger partial charge >= 0.3 is 0 Å². The number of hydrogen-bond acceptors (Lipinski definition) is 4. The van der Waals surface area contributed by atoms with Gasteiger partial charge in [-0.15, -0.1) is 0 Å². The minimum absolute atomic E-state index is 0.0575. The van der Waals surface area contributed by atoms with E-state index in [-0.39, 0.29) is 17.4 Å². The highest BCUT2D eigenvalue weighted by molar-refractivity contribution is 6.51. The van der Waals surface area contributed by atoms with Crippen molar-refractivity contribution in [1.29, 1.82) is 0 Å². The molecule has 1 fully saturated rings. The molecule has 4 rings (SSSR count). The van der Waals surface area contributed by atoms with E-state index >= 15 is 0 Å². The number of amides is 1.